The topological polar surface area (TPSA) is 79.0 Å². The Labute approximate surface area is 210 Å². The number of carbonyl (C=O) groups is 3. The molecule has 1 saturated heterocycles. The van der Waals surface area contributed by atoms with E-state index in [-0.39, 0.29) is 28.3 Å². The second-order valence-corrected chi connectivity index (χ2v) is 9.89. The van der Waals surface area contributed by atoms with E-state index in [2.05, 4.69) is 37.9 Å². The molecule has 1 fully saturated rings. The van der Waals surface area contributed by atoms with Crippen molar-refractivity contribution < 1.29 is 23.5 Å². The third kappa shape index (κ3) is 4.59. The first-order chi connectivity index (χ1) is 17.1. The first-order valence-electron chi connectivity index (χ1n) is 12.3. The molecule has 2 heterocycles. The zero-order valence-corrected chi connectivity index (χ0v) is 21.4. The van der Waals surface area contributed by atoms with Gasteiger partial charge in [-0.1, -0.05) is 19.9 Å². The summed E-state index contributed by atoms with van der Waals surface area (Å²) in [6.07, 6.45) is 3.04. The van der Waals surface area contributed by atoms with Crippen LogP contribution in [0.5, 0.6) is 5.75 Å². The number of hydrogen-bond donors (Lipinski definition) is 1. The summed E-state index contributed by atoms with van der Waals surface area (Å²) in [5.74, 6) is -1.57. The van der Waals surface area contributed by atoms with E-state index >= 15 is 4.39 Å². The normalized spacial score (nSPS) is 20.4. The summed E-state index contributed by atoms with van der Waals surface area (Å²) in [4.78, 5) is 41.6. The summed E-state index contributed by atoms with van der Waals surface area (Å²) < 4.78 is 20.9. The van der Waals surface area contributed by atoms with Crippen molar-refractivity contribution in [2.45, 2.75) is 58.9 Å². The van der Waals surface area contributed by atoms with E-state index in [1.807, 2.05) is 6.92 Å². The predicted molar refractivity (Wildman–Crippen MR) is 138 cm³/mol. The van der Waals surface area contributed by atoms with E-state index in [4.69, 9.17) is 4.74 Å². The third-order valence-electron chi connectivity index (χ3n) is 6.74. The Morgan fingerprint density at radius 2 is 1.92 bits per heavy atom. The molecule has 7 nitrogen and oxygen atoms in total. The van der Waals surface area contributed by atoms with Gasteiger partial charge in [-0.3, -0.25) is 14.9 Å². The van der Waals surface area contributed by atoms with Crippen molar-refractivity contribution in [3.05, 3.63) is 58.9 Å². The van der Waals surface area contributed by atoms with Crippen LogP contribution in [0.4, 0.5) is 20.6 Å². The number of benzene rings is 2. The first kappa shape index (κ1) is 25.4. The van der Waals surface area contributed by atoms with Crippen molar-refractivity contribution in [3.8, 4) is 5.75 Å². The quantitative estimate of drug-likeness (QED) is 0.431. The van der Waals surface area contributed by atoms with Crippen molar-refractivity contribution in [3.63, 3.8) is 0 Å². The standard InChI is InChI=1S/C28H32FN3O4/c1-6-11-31-24-15-23(29)18(12-21(24)17(3)16-28(31,4)5)13-22-25(33)30-27(35)32(26(22)34)19-9-8-10-20(14-19)36-7-2/h8-10,12-15,17H,6-7,11,16H2,1-5H3,(H,30,33,35)/b22-13-. The molecule has 2 aromatic carbocycles. The maximum Gasteiger partial charge on any atom is 0.335 e. The molecular formula is C28H32FN3O4. The molecule has 1 N–H and O–H groups in total. The van der Waals surface area contributed by atoms with Gasteiger partial charge < -0.3 is 9.64 Å². The number of nitrogens with one attached hydrogen (secondary N) is 1. The number of hydrogen-bond acceptors (Lipinski definition) is 5. The lowest BCUT2D eigenvalue weighted by Gasteiger charge is -2.47. The van der Waals surface area contributed by atoms with Crippen LogP contribution in [0.1, 0.15) is 64.5 Å². The summed E-state index contributed by atoms with van der Waals surface area (Å²) in [6, 6.07) is 8.81. The lowest BCUT2D eigenvalue weighted by molar-refractivity contribution is -0.122. The Morgan fingerprint density at radius 1 is 1.17 bits per heavy atom. The van der Waals surface area contributed by atoms with E-state index in [0.717, 1.165) is 35.5 Å². The highest BCUT2D eigenvalue weighted by molar-refractivity contribution is 6.39. The lowest BCUT2D eigenvalue weighted by Crippen LogP contribution is -2.54. The second-order valence-electron chi connectivity index (χ2n) is 9.89. The highest BCUT2D eigenvalue weighted by atomic mass is 19.1. The minimum atomic E-state index is -0.868. The maximum absolute atomic E-state index is 15.4. The molecule has 0 saturated carbocycles. The minimum Gasteiger partial charge on any atom is -0.494 e. The average molecular weight is 494 g/mol. The van der Waals surface area contributed by atoms with Gasteiger partial charge in [0, 0.05) is 29.4 Å². The van der Waals surface area contributed by atoms with E-state index in [1.165, 1.54) is 12.1 Å². The molecular weight excluding hydrogens is 461 g/mol. The van der Waals surface area contributed by atoms with Gasteiger partial charge >= 0.3 is 6.03 Å². The van der Waals surface area contributed by atoms with Crippen molar-refractivity contribution in [2.75, 3.05) is 23.0 Å². The van der Waals surface area contributed by atoms with Gasteiger partial charge in [0.15, 0.2) is 0 Å². The average Bonchev–Trinajstić information content (AvgIpc) is 2.80. The molecule has 8 heteroatoms. The second kappa shape index (κ2) is 9.76. The molecule has 0 aliphatic carbocycles. The summed E-state index contributed by atoms with van der Waals surface area (Å²) in [5, 5.41) is 2.19. The number of anilines is 2. The third-order valence-corrected chi connectivity index (χ3v) is 6.74. The summed E-state index contributed by atoms with van der Waals surface area (Å²) >= 11 is 0. The van der Waals surface area contributed by atoms with Gasteiger partial charge in [-0.25, -0.2) is 14.1 Å². The van der Waals surface area contributed by atoms with Crippen LogP contribution in [-0.4, -0.2) is 36.5 Å². The molecule has 4 amide bonds. The Hall–Kier alpha value is -3.68. The molecule has 2 aromatic rings. The smallest absolute Gasteiger partial charge is 0.335 e. The van der Waals surface area contributed by atoms with Gasteiger partial charge in [0.05, 0.1) is 12.3 Å². The van der Waals surface area contributed by atoms with E-state index in [9.17, 15) is 14.4 Å². The zero-order chi connectivity index (χ0) is 26.2. The first-order valence-corrected chi connectivity index (χ1v) is 12.3. The van der Waals surface area contributed by atoms with Gasteiger partial charge in [0.1, 0.15) is 17.1 Å². The number of urea groups is 1. The molecule has 2 aliphatic heterocycles. The number of barbiturate groups is 1. The van der Waals surface area contributed by atoms with Gasteiger partial charge in [-0.2, -0.15) is 0 Å². The number of carbonyl (C=O) groups excluding carboxylic acids is 3. The van der Waals surface area contributed by atoms with Crippen molar-refractivity contribution in [2.24, 2.45) is 0 Å². The van der Waals surface area contributed by atoms with Crippen LogP contribution in [0.2, 0.25) is 0 Å². The SMILES string of the molecule is CCCN1c2cc(F)c(/C=C3/C(=O)NC(=O)N(c4cccc(OCC)c4)C3=O)cc2C(C)CC1(C)C. The Balaban J connectivity index is 1.75. The molecule has 1 unspecified atom stereocenters. The molecule has 0 radical (unpaired) electrons. The number of halogens is 1. The highest BCUT2D eigenvalue weighted by Crippen LogP contribution is 2.44. The Kier molecular flexibility index (Phi) is 6.89. The molecule has 36 heavy (non-hydrogen) atoms. The fraction of sp³-hybridized carbons (Fsp3) is 0.393. The number of nitrogens with zero attached hydrogens (tertiary/aromatic N) is 2. The number of ether oxygens (including phenoxy) is 1. The summed E-state index contributed by atoms with van der Waals surface area (Å²) in [5.41, 5.74) is 1.75. The van der Waals surface area contributed by atoms with Crippen LogP contribution in [0.15, 0.2) is 42.0 Å². The molecule has 2 aliphatic rings. The monoisotopic (exact) mass is 493 g/mol. The van der Waals surface area contributed by atoms with Crippen LogP contribution in [0.3, 0.4) is 0 Å². The molecule has 4 rings (SSSR count). The summed E-state index contributed by atoms with van der Waals surface area (Å²) in [7, 11) is 0. The molecule has 0 bridgehead atoms. The highest BCUT2D eigenvalue weighted by Gasteiger charge is 2.39. The number of imide groups is 2. The maximum atomic E-state index is 15.4. The van der Waals surface area contributed by atoms with Crippen LogP contribution in [0.25, 0.3) is 6.08 Å². The van der Waals surface area contributed by atoms with Crippen LogP contribution >= 0.6 is 0 Å². The molecule has 0 spiro atoms. The molecule has 1 atom stereocenters. The zero-order valence-electron chi connectivity index (χ0n) is 21.4. The molecule has 190 valence electrons. The number of rotatable bonds is 6. The largest absolute Gasteiger partial charge is 0.494 e. The fourth-order valence-electron chi connectivity index (χ4n) is 5.20. The van der Waals surface area contributed by atoms with E-state index in [0.29, 0.717) is 12.4 Å². The van der Waals surface area contributed by atoms with Gasteiger partial charge in [0.2, 0.25) is 0 Å². The van der Waals surface area contributed by atoms with Gasteiger partial charge in [-0.05, 0) is 75.4 Å². The van der Waals surface area contributed by atoms with Crippen molar-refractivity contribution in [1.82, 2.24) is 5.32 Å². The van der Waals surface area contributed by atoms with Crippen LogP contribution in [-0.2, 0) is 9.59 Å². The van der Waals surface area contributed by atoms with E-state index in [1.54, 1.807) is 30.3 Å². The van der Waals surface area contributed by atoms with Crippen molar-refractivity contribution >= 4 is 35.3 Å². The van der Waals surface area contributed by atoms with Crippen LogP contribution in [0, 0.1) is 5.82 Å². The van der Waals surface area contributed by atoms with Crippen LogP contribution < -0.4 is 19.9 Å². The Morgan fingerprint density at radius 3 is 2.61 bits per heavy atom. The fourth-order valence-corrected chi connectivity index (χ4v) is 5.20. The van der Waals surface area contributed by atoms with Crippen molar-refractivity contribution in [1.29, 1.82) is 0 Å². The lowest BCUT2D eigenvalue weighted by atomic mass is 9.79. The predicted octanol–water partition coefficient (Wildman–Crippen LogP) is 5.39. The van der Waals surface area contributed by atoms with Gasteiger partial charge in [-0.15, -0.1) is 0 Å². The van der Waals surface area contributed by atoms with E-state index < -0.39 is 23.7 Å². The molecule has 0 aromatic heterocycles. The Bertz CT molecular complexity index is 1250. The number of amides is 4. The summed E-state index contributed by atoms with van der Waals surface area (Å²) in [6.45, 7) is 11.5. The minimum absolute atomic E-state index is 0.120. The van der Waals surface area contributed by atoms with Gasteiger partial charge in [0.25, 0.3) is 11.8 Å². The number of fused-ring (bicyclic) bond motifs is 1.